The molecule has 6 heteroatoms. The molecule has 0 saturated heterocycles. The van der Waals surface area contributed by atoms with E-state index < -0.39 is 21.0 Å². The number of hydrogen-bond acceptors (Lipinski definition) is 2. The highest BCUT2D eigenvalue weighted by atomic mass is 28.3. The van der Waals surface area contributed by atoms with Crippen LogP contribution in [0.4, 0.5) is 8.78 Å². The van der Waals surface area contributed by atoms with Crippen LogP contribution in [0.25, 0.3) is 0 Å². The van der Waals surface area contributed by atoms with Crippen LogP contribution >= 0.6 is 0 Å². The average molecular weight is 195 g/mol. The third-order valence-electron chi connectivity index (χ3n) is 1.20. The summed E-state index contributed by atoms with van der Waals surface area (Å²) in [5, 5.41) is 2.03. The molecule has 0 aliphatic rings. The minimum atomic E-state index is -2.95. The molecule has 0 aromatic heterocycles. The fraction of sp³-hybridized carbons (Fsp3) is 0.833. The van der Waals surface area contributed by atoms with Gasteiger partial charge in [-0.05, 0) is 19.0 Å². The molecule has 1 amide bonds. The summed E-state index contributed by atoms with van der Waals surface area (Å²) in [6, 6.07) is 0.494. The van der Waals surface area contributed by atoms with Gasteiger partial charge in [-0.1, -0.05) is 0 Å². The Balaban J connectivity index is 3.32. The highest BCUT2D eigenvalue weighted by Crippen LogP contribution is 1.92. The van der Waals surface area contributed by atoms with Crippen molar-refractivity contribution in [3.8, 4) is 0 Å². The lowest BCUT2D eigenvalue weighted by atomic mass is 10.4. The molecule has 12 heavy (non-hydrogen) atoms. The number of amides is 1. The Kier molecular flexibility index (Phi) is 5.61. The molecule has 0 rings (SSSR count). The van der Waals surface area contributed by atoms with E-state index in [0.29, 0.717) is 12.5 Å². The molecule has 70 valence electrons. The maximum absolute atomic E-state index is 11.5. The van der Waals surface area contributed by atoms with Gasteiger partial charge >= 0.3 is 6.43 Å². The lowest BCUT2D eigenvalue weighted by molar-refractivity contribution is -0.131. The van der Waals surface area contributed by atoms with Gasteiger partial charge in [-0.15, -0.1) is 0 Å². The first kappa shape index (κ1) is 11.3. The van der Waals surface area contributed by atoms with Crippen molar-refractivity contribution in [1.82, 2.24) is 5.32 Å². The molecule has 0 atom stereocenters. The third kappa shape index (κ3) is 6.08. The minimum absolute atomic E-state index is 0.174. The predicted octanol–water partition coefficient (Wildman–Crippen LogP) is 0.810. The lowest BCUT2D eigenvalue weighted by Crippen LogP contribution is -2.30. The smallest absolute Gasteiger partial charge is 0.315 e. The van der Waals surface area contributed by atoms with Crippen LogP contribution in [0.15, 0.2) is 0 Å². The summed E-state index contributed by atoms with van der Waals surface area (Å²) in [6.45, 7) is 1.77. The highest BCUT2D eigenvalue weighted by Gasteiger charge is 2.13. The Morgan fingerprint density at radius 3 is 2.58 bits per heavy atom. The second-order valence-electron chi connectivity index (χ2n) is 2.40. The first-order valence-corrected chi connectivity index (χ1v) is 5.71. The molecule has 0 aliphatic carbocycles. The van der Waals surface area contributed by atoms with E-state index in [1.54, 1.807) is 6.55 Å². The van der Waals surface area contributed by atoms with Crippen LogP contribution in [-0.2, 0) is 9.26 Å². The zero-order valence-electron chi connectivity index (χ0n) is 6.77. The van der Waals surface area contributed by atoms with E-state index in [1.165, 1.54) is 0 Å². The summed E-state index contributed by atoms with van der Waals surface area (Å²) < 4.78 is 33.6. The monoisotopic (exact) mass is 195 g/mol. The summed E-state index contributed by atoms with van der Waals surface area (Å²) in [5.74, 6) is -1.26. The van der Waals surface area contributed by atoms with Crippen LogP contribution < -0.4 is 5.32 Å². The Morgan fingerprint density at radius 1 is 1.58 bits per heavy atom. The van der Waals surface area contributed by atoms with Gasteiger partial charge in [-0.3, -0.25) is 4.79 Å². The van der Waals surface area contributed by atoms with Crippen molar-refractivity contribution >= 4 is 14.6 Å². The normalized spacial score (nSPS) is 10.0. The maximum Gasteiger partial charge on any atom is 0.315 e. The van der Waals surface area contributed by atoms with Crippen LogP contribution in [0.5, 0.6) is 0 Å². The Bertz CT molecular complexity index is 175. The van der Waals surface area contributed by atoms with E-state index in [9.17, 15) is 18.0 Å². The second kappa shape index (κ2) is 5.93. The number of hydrogen-bond donors (Lipinski definition) is 1. The molecule has 0 aromatic rings. The summed E-state index contributed by atoms with van der Waals surface area (Å²) in [7, 11) is -1.54. The number of alkyl halides is 2. The summed E-state index contributed by atoms with van der Waals surface area (Å²) in [5.41, 5.74) is 0. The number of carbonyl (C=O) groups is 1. The van der Waals surface area contributed by atoms with Gasteiger partial charge in [0.1, 0.15) is 0 Å². The maximum atomic E-state index is 11.5. The topological polar surface area (TPSA) is 46.2 Å². The van der Waals surface area contributed by atoms with E-state index in [4.69, 9.17) is 0 Å². The van der Waals surface area contributed by atoms with Crippen molar-refractivity contribution in [1.29, 1.82) is 0 Å². The summed E-state index contributed by atoms with van der Waals surface area (Å²) >= 11 is 0. The summed E-state index contributed by atoms with van der Waals surface area (Å²) in [4.78, 5) is 10.3. The third-order valence-corrected chi connectivity index (χ3v) is 2.26. The van der Waals surface area contributed by atoms with Crippen molar-refractivity contribution < 1.29 is 18.0 Å². The molecule has 0 unspecified atom stereocenters. The fourth-order valence-electron chi connectivity index (χ4n) is 0.626. The van der Waals surface area contributed by atoms with Crippen LogP contribution in [0.2, 0.25) is 12.6 Å². The number of halogens is 2. The number of nitrogens with one attached hydrogen (secondary N) is 1. The van der Waals surface area contributed by atoms with Crippen LogP contribution in [-0.4, -0.2) is 27.6 Å². The van der Waals surface area contributed by atoms with E-state index in [1.807, 2.05) is 5.32 Å². The molecule has 0 aliphatic heterocycles. The predicted molar refractivity (Wildman–Crippen MR) is 40.7 cm³/mol. The van der Waals surface area contributed by atoms with Gasteiger partial charge in [0, 0.05) is 6.54 Å². The van der Waals surface area contributed by atoms with Crippen molar-refractivity contribution in [2.24, 2.45) is 0 Å². The molecule has 0 radical (unpaired) electrons. The molecule has 3 nitrogen and oxygen atoms in total. The minimum Gasteiger partial charge on any atom is -0.389 e. The van der Waals surface area contributed by atoms with E-state index in [-0.39, 0.29) is 6.54 Å². The molecular formula is C6H11F2NO2Si. The van der Waals surface area contributed by atoms with Gasteiger partial charge in [0.05, 0.1) is 0 Å². The quantitative estimate of drug-likeness (QED) is 0.521. The summed E-state index contributed by atoms with van der Waals surface area (Å²) in [6.07, 6.45) is -2.46. The van der Waals surface area contributed by atoms with E-state index in [0.717, 1.165) is 0 Å². The van der Waals surface area contributed by atoms with Crippen LogP contribution in [0.3, 0.4) is 0 Å². The SMILES string of the molecule is C[Si](=O)CCCNC(=O)C(F)F. The van der Waals surface area contributed by atoms with Crippen molar-refractivity contribution in [2.45, 2.75) is 25.4 Å². The molecule has 1 N–H and O–H groups in total. The van der Waals surface area contributed by atoms with Gasteiger partial charge in [0.15, 0.2) is 0 Å². The Hall–Kier alpha value is -0.653. The molecule has 0 spiro atoms. The van der Waals surface area contributed by atoms with Gasteiger partial charge in [-0.25, -0.2) is 0 Å². The number of rotatable bonds is 5. The molecule has 0 aromatic carbocycles. The molecule has 0 saturated carbocycles. The van der Waals surface area contributed by atoms with Crippen LogP contribution in [0, 0.1) is 0 Å². The molecular weight excluding hydrogens is 184 g/mol. The van der Waals surface area contributed by atoms with Gasteiger partial charge in [0.2, 0.25) is 0 Å². The van der Waals surface area contributed by atoms with Gasteiger partial charge in [0.25, 0.3) is 14.6 Å². The Morgan fingerprint density at radius 2 is 2.17 bits per heavy atom. The molecule has 0 heterocycles. The lowest BCUT2D eigenvalue weighted by Gasteiger charge is -2.01. The Labute approximate surface area is 70.8 Å². The van der Waals surface area contributed by atoms with Gasteiger partial charge in [-0.2, -0.15) is 8.78 Å². The standard InChI is InChI=1S/C6H11F2NO2Si/c1-12(11)4-2-3-9-6(10)5(7)8/h5H,2-4H2,1H3,(H,9,10). The first-order valence-electron chi connectivity index (χ1n) is 3.59. The largest absolute Gasteiger partial charge is 0.389 e. The van der Waals surface area contributed by atoms with Gasteiger partial charge < -0.3 is 9.78 Å². The van der Waals surface area contributed by atoms with Crippen LogP contribution in [0.1, 0.15) is 6.42 Å². The highest BCUT2D eigenvalue weighted by molar-refractivity contribution is 6.40. The van der Waals surface area contributed by atoms with Crippen molar-refractivity contribution in [2.75, 3.05) is 6.54 Å². The zero-order chi connectivity index (χ0) is 9.56. The van der Waals surface area contributed by atoms with Crippen molar-refractivity contribution in [3.63, 3.8) is 0 Å². The van der Waals surface area contributed by atoms with E-state index in [2.05, 4.69) is 0 Å². The number of carbonyl (C=O) groups excluding carboxylic acids is 1. The first-order chi connectivity index (χ1) is 5.54. The second-order valence-corrected chi connectivity index (χ2v) is 4.30. The molecule has 0 bridgehead atoms. The zero-order valence-corrected chi connectivity index (χ0v) is 7.77. The average Bonchev–Trinajstić information content (AvgIpc) is 1.97. The fourth-order valence-corrected chi connectivity index (χ4v) is 1.30. The van der Waals surface area contributed by atoms with E-state index >= 15 is 0 Å². The van der Waals surface area contributed by atoms with Crippen molar-refractivity contribution in [3.05, 3.63) is 0 Å². The molecule has 0 fully saturated rings.